The van der Waals surface area contributed by atoms with Gasteiger partial charge in [0.15, 0.2) is 0 Å². The number of rotatable bonds is 3. The van der Waals surface area contributed by atoms with Crippen molar-refractivity contribution in [2.75, 3.05) is 50.7 Å². The van der Waals surface area contributed by atoms with Crippen molar-refractivity contribution in [1.82, 2.24) is 14.9 Å². The number of amides is 1. The Morgan fingerprint density at radius 3 is 2.46 bits per heavy atom. The van der Waals surface area contributed by atoms with E-state index in [1.807, 2.05) is 11.8 Å². The van der Waals surface area contributed by atoms with Crippen LogP contribution in [0.1, 0.15) is 47.7 Å². The topological polar surface area (TPSA) is 53.8 Å². The molecule has 1 amide bonds. The largest absolute Gasteiger partial charge is 0.356 e. The first-order valence-electron chi connectivity index (χ1n) is 10.6. The quantitative estimate of drug-likeness (QED) is 0.852. The van der Waals surface area contributed by atoms with Crippen LogP contribution in [0.5, 0.6) is 0 Å². The first kappa shape index (κ1) is 19.6. The van der Waals surface area contributed by atoms with E-state index < -0.39 is 0 Å². The number of carbonyl (C=O) groups is 1. The average molecular weight is 403 g/mol. The number of aromatic nitrogens is 2. The number of quaternary nitrogens is 1. The maximum atomic E-state index is 13.3. The fraction of sp³-hybridized carbons (Fsp3) is 0.667. The van der Waals surface area contributed by atoms with E-state index in [2.05, 4.69) is 30.7 Å². The van der Waals surface area contributed by atoms with Crippen molar-refractivity contribution in [3.05, 3.63) is 16.3 Å². The molecule has 6 nitrogen and oxygen atoms in total. The molecule has 2 aliphatic heterocycles. The lowest BCUT2D eigenvalue weighted by molar-refractivity contribution is -0.902. The predicted octanol–water partition coefficient (Wildman–Crippen LogP) is 1.91. The highest BCUT2D eigenvalue weighted by molar-refractivity contribution is 7.20. The summed E-state index contributed by atoms with van der Waals surface area (Å²) in [4.78, 5) is 30.6. The standard InChI is InChI=1S/C21H31N5OS/c1-5-24-10-12-26(13-11-24)21(27)18-15(3)17-19(22-16(4)23-20(17)28-18)25-8-6-14(2)7-9-25/h14H,5-13H2,1-4H3/p+1. The summed E-state index contributed by atoms with van der Waals surface area (Å²) in [6.07, 6.45) is 2.40. The van der Waals surface area contributed by atoms with Gasteiger partial charge in [-0.15, -0.1) is 11.3 Å². The summed E-state index contributed by atoms with van der Waals surface area (Å²) < 4.78 is 0. The van der Waals surface area contributed by atoms with E-state index in [0.29, 0.717) is 0 Å². The van der Waals surface area contributed by atoms with Gasteiger partial charge in [0.05, 0.1) is 43.0 Å². The van der Waals surface area contributed by atoms with Gasteiger partial charge in [0.25, 0.3) is 5.91 Å². The summed E-state index contributed by atoms with van der Waals surface area (Å²) in [5, 5.41) is 1.09. The molecule has 0 unspecified atom stereocenters. The highest BCUT2D eigenvalue weighted by Gasteiger charge is 2.29. The molecule has 2 aromatic heterocycles. The van der Waals surface area contributed by atoms with Crippen molar-refractivity contribution in [1.29, 1.82) is 0 Å². The van der Waals surface area contributed by atoms with Crippen LogP contribution in [0.3, 0.4) is 0 Å². The van der Waals surface area contributed by atoms with Crippen molar-refractivity contribution in [3.8, 4) is 0 Å². The number of fused-ring (bicyclic) bond motifs is 1. The summed E-state index contributed by atoms with van der Waals surface area (Å²) in [7, 11) is 0. The molecule has 2 aliphatic rings. The number of hydrogen-bond acceptors (Lipinski definition) is 5. The number of anilines is 1. The predicted molar refractivity (Wildman–Crippen MR) is 115 cm³/mol. The van der Waals surface area contributed by atoms with Crippen molar-refractivity contribution in [2.45, 2.75) is 40.5 Å². The van der Waals surface area contributed by atoms with Crippen molar-refractivity contribution < 1.29 is 9.69 Å². The van der Waals surface area contributed by atoms with Crippen LogP contribution in [-0.4, -0.2) is 66.6 Å². The Bertz CT molecular complexity index is 863. The van der Waals surface area contributed by atoms with E-state index in [-0.39, 0.29) is 5.91 Å². The summed E-state index contributed by atoms with van der Waals surface area (Å²) in [6, 6.07) is 0. The van der Waals surface area contributed by atoms with E-state index in [9.17, 15) is 4.79 Å². The Morgan fingerprint density at radius 1 is 1.14 bits per heavy atom. The van der Waals surface area contributed by atoms with Crippen molar-refractivity contribution >= 4 is 33.3 Å². The van der Waals surface area contributed by atoms with Crippen LogP contribution in [-0.2, 0) is 0 Å². The maximum absolute atomic E-state index is 13.3. The maximum Gasteiger partial charge on any atom is 0.264 e. The normalized spacial score (nSPS) is 19.6. The highest BCUT2D eigenvalue weighted by atomic mass is 32.1. The molecular formula is C21H32N5OS+. The molecule has 0 saturated carbocycles. The number of carbonyl (C=O) groups excluding carboxylic acids is 1. The number of thiophene rings is 1. The monoisotopic (exact) mass is 402 g/mol. The van der Waals surface area contributed by atoms with Gasteiger partial charge in [0, 0.05) is 13.1 Å². The third-order valence-corrected chi connectivity index (χ3v) is 7.59. The minimum absolute atomic E-state index is 0.173. The van der Waals surface area contributed by atoms with Crippen LogP contribution in [0.2, 0.25) is 0 Å². The Balaban J connectivity index is 1.67. The molecule has 152 valence electrons. The van der Waals surface area contributed by atoms with Gasteiger partial charge in [-0.05, 0) is 45.1 Å². The van der Waals surface area contributed by atoms with Gasteiger partial charge >= 0.3 is 0 Å². The molecule has 0 aromatic carbocycles. The molecule has 0 radical (unpaired) electrons. The molecule has 2 saturated heterocycles. The third kappa shape index (κ3) is 3.62. The summed E-state index contributed by atoms with van der Waals surface area (Å²) in [5.41, 5.74) is 1.06. The molecule has 0 atom stereocenters. The first-order valence-corrected chi connectivity index (χ1v) is 11.4. The number of hydrogen-bond donors (Lipinski definition) is 1. The van der Waals surface area contributed by atoms with Gasteiger partial charge in [-0.3, -0.25) is 4.79 Å². The van der Waals surface area contributed by atoms with Gasteiger partial charge in [-0.1, -0.05) is 6.92 Å². The van der Waals surface area contributed by atoms with Gasteiger partial charge in [-0.25, -0.2) is 9.97 Å². The number of aryl methyl sites for hydroxylation is 2. The van der Waals surface area contributed by atoms with Crippen LogP contribution >= 0.6 is 11.3 Å². The molecule has 2 fully saturated rings. The lowest BCUT2D eigenvalue weighted by Gasteiger charge is -2.32. The zero-order chi connectivity index (χ0) is 19.8. The number of likely N-dealkylation sites (N-methyl/N-ethyl adjacent to an activating group) is 1. The smallest absolute Gasteiger partial charge is 0.264 e. The fourth-order valence-electron chi connectivity index (χ4n) is 4.40. The molecule has 4 heterocycles. The van der Waals surface area contributed by atoms with Crippen LogP contribution in [0, 0.1) is 19.8 Å². The van der Waals surface area contributed by atoms with Gasteiger partial charge in [0.2, 0.25) is 0 Å². The van der Waals surface area contributed by atoms with Crippen LogP contribution in [0.4, 0.5) is 5.82 Å². The van der Waals surface area contributed by atoms with Crippen LogP contribution in [0.25, 0.3) is 10.2 Å². The molecule has 0 bridgehead atoms. The van der Waals surface area contributed by atoms with Gasteiger partial charge in [-0.2, -0.15) is 0 Å². The minimum Gasteiger partial charge on any atom is -0.356 e. The van der Waals surface area contributed by atoms with Gasteiger partial charge in [0.1, 0.15) is 16.5 Å². The number of nitrogens with zero attached hydrogens (tertiary/aromatic N) is 4. The Morgan fingerprint density at radius 2 is 1.82 bits per heavy atom. The van der Waals surface area contributed by atoms with Gasteiger partial charge < -0.3 is 14.7 Å². The molecule has 0 spiro atoms. The van der Waals surface area contributed by atoms with E-state index in [1.165, 1.54) is 12.8 Å². The zero-order valence-electron chi connectivity index (χ0n) is 17.5. The summed E-state index contributed by atoms with van der Waals surface area (Å²) in [6.45, 7) is 15.6. The Hall–Kier alpha value is -1.73. The number of piperidine rings is 1. The van der Waals surface area contributed by atoms with Crippen molar-refractivity contribution in [2.24, 2.45) is 5.92 Å². The minimum atomic E-state index is 0.173. The second kappa shape index (κ2) is 7.95. The average Bonchev–Trinajstić information content (AvgIpc) is 3.03. The Kier molecular flexibility index (Phi) is 5.56. The fourth-order valence-corrected chi connectivity index (χ4v) is 5.59. The third-order valence-electron chi connectivity index (χ3n) is 6.42. The molecule has 1 N–H and O–H groups in total. The Labute approximate surface area is 171 Å². The van der Waals surface area contributed by atoms with E-state index in [1.54, 1.807) is 16.2 Å². The molecule has 28 heavy (non-hydrogen) atoms. The second-order valence-electron chi connectivity index (χ2n) is 8.40. The van der Waals surface area contributed by atoms with Crippen molar-refractivity contribution in [3.63, 3.8) is 0 Å². The van der Waals surface area contributed by atoms with E-state index in [4.69, 9.17) is 4.98 Å². The van der Waals surface area contributed by atoms with E-state index in [0.717, 1.165) is 84.0 Å². The van der Waals surface area contributed by atoms with Crippen LogP contribution < -0.4 is 9.80 Å². The molecule has 4 rings (SSSR count). The summed E-state index contributed by atoms with van der Waals surface area (Å²) in [5.74, 6) is 2.77. The molecular weight excluding hydrogens is 370 g/mol. The lowest BCUT2D eigenvalue weighted by Crippen LogP contribution is -3.14. The number of nitrogens with one attached hydrogen (secondary N) is 1. The molecule has 0 aliphatic carbocycles. The number of piperazine rings is 1. The van der Waals surface area contributed by atoms with E-state index >= 15 is 0 Å². The van der Waals surface area contributed by atoms with Crippen LogP contribution in [0.15, 0.2) is 0 Å². The molecule has 2 aromatic rings. The summed E-state index contributed by atoms with van der Waals surface area (Å²) >= 11 is 1.55. The zero-order valence-corrected chi connectivity index (χ0v) is 18.4. The second-order valence-corrected chi connectivity index (χ2v) is 9.40. The SMILES string of the molecule is CC[NH+]1CCN(C(=O)c2sc3nc(C)nc(N4CCC(C)CC4)c3c2C)CC1. The molecule has 7 heteroatoms. The first-order chi connectivity index (χ1) is 13.5. The lowest BCUT2D eigenvalue weighted by atomic mass is 9.99. The highest BCUT2D eigenvalue weighted by Crippen LogP contribution is 2.37.